The number of hydrogen-bond donors (Lipinski definition) is 1. The van der Waals surface area contributed by atoms with Crippen LogP contribution in [0.25, 0.3) is 9.40 Å². The largest absolute Gasteiger partial charge is 0.480 e. The van der Waals surface area contributed by atoms with Crippen LogP contribution in [0.4, 0.5) is 0 Å². The van der Waals surface area contributed by atoms with Gasteiger partial charge in [0, 0.05) is 15.9 Å². The number of nitrogens with zero attached hydrogens (tertiary/aromatic N) is 1. The van der Waals surface area contributed by atoms with Crippen molar-refractivity contribution in [3.8, 4) is 0 Å². The van der Waals surface area contributed by atoms with Crippen LogP contribution in [0.1, 0.15) is 35.4 Å². The molecule has 2 aromatic rings. The molecule has 0 radical (unpaired) electrons. The summed E-state index contributed by atoms with van der Waals surface area (Å²) < 4.78 is 2.19. The molecule has 1 saturated heterocycles. The maximum atomic E-state index is 12.6. The minimum atomic E-state index is -0.890. The molecule has 0 aromatic carbocycles. The number of amides is 1. The molecule has 0 spiro atoms. The Hall–Kier alpha value is -1.40. The van der Waals surface area contributed by atoms with Crippen LogP contribution in [0.5, 0.6) is 0 Å². The van der Waals surface area contributed by atoms with Gasteiger partial charge in [0.05, 0.1) is 4.88 Å². The Balaban J connectivity index is 1.90. The van der Waals surface area contributed by atoms with Crippen molar-refractivity contribution >= 4 is 43.9 Å². The summed E-state index contributed by atoms with van der Waals surface area (Å²) in [6, 6.07) is 3.21. The predicted molar refractivity (Wildman–Crippen MR) is 80.6 cm³/mol. The van der Waals surface area contributed by atoms with Gasteiger partial charge in [-0.25, -0.2) is 4.79 Å². The summed E-state index contributed by atoms with van der Waals surface area (Å²) >= 11 is 3.06. The average molecular weight is 309 g/mol. The lowest BCUT2D eigenvalue weighted by Crippen LogP contribution is -2.44. The van der Waals surface area contributed by atoms with Crippen LogP contribution in [0, 0.1) is 0 Å². The molecule has 20 heavy (non-hydrogen) atoms. The summed E-state index contributed by atoms with van der Waals surface area (Å²) in [6.45, 7) is 0.543. The molecule has 3 heterocycles. The second-order valence-corrected chi connectivity index (χ2v) is 6.99. The highest BCUT2D eigenvalue weighted by molar-refractivity contribution is 7.27. The second-order valence-electron chi connectivity index (χ2n) is 4.96. The fourth-order valence-corrected chi connectivity index (χ4v) is 4.69. The Morgan fingerprint density at radius 3 is 2.85 bits per heavy atom. The van der Waals surface area contributed by atoms with E-state index >= 15 is 0 Å². The summed E-state index contributed by atoms with van der Waals surface area (Å²) in [7, 11) is 0. The molecule has 6 heteroatoms. The standard InChI is InChI=1S/C14H15NO3S2/c16-13(12-8-11-10(20-12)5-7-19-11)15-6-3-1-2-4-9(15)14(17)18/h5,7-9H,1-4,6H2,(H,17,18). The lowest BCUT2D eigenvalue weighted by molar-refractivity contribution is -0.142. The first kappa shape index (κ1) is 13.6. The van der Waals surface area contributed by atoms with Gasteiger partial charge in [-0.05, 0) is 30.4 Å². The van der Waals surface area contributed by atoms with E-state index in [2.05, 4.69) is 0 Å². The molecule has 3 rings (SSSR count). The minimum absolute atomic E-state index is 0.132. The number of carbonyl (C=O) groups excluding carboxylic acids is 1. The lowest BCUT2D eigenvalue weighted by atomic mass is 10.1. The van der Waals surface area contributed by atoms with Gasteiger partial charge in [0.15, 0.2) is 0 Å². The fourth-order valence-electron chi connectivity index (χ4n) is 2.62. The molecular formula is C14H15NO3S2. The van der Waals surface area contributed by atoms with Crippen LogP contribution in [0.3, 0.4) is 0 Å². The smallest absolute Gasteiger partial charge is 0.326 e. The highest BCUT2D eigenvalue weighted by atomic mass is 32.1. The van der Waals surface area contributed by atoms with Crippen LogP contribution in [-0.4, -0.2) is 34.5 Å². The molecule has 1 fully saturated rings. The van der Waals surface area contributed by atoms with Gasteiger partial charge >= 0.3 is 5.97 Å². The monoisotopic (exact) mass is 309 g/mol. The zero-order chi connectivity index (χ0) is 14.1. The Morgan fingerprint density at radius 1 is 1.25 bits per heavy atom. The van der Waals surface area contributed by atoms with E-state index in [-0.39, 0.29) is 5.91 Å². The van der Waals surface area contributed by atoms with E-state index in [0.717, 1.165) is 28.7 Å². The second kappa shape index (κ2) is 5.54. The first-order valence-electron chi connectivity index (χ1n) is 6.67. The van der Waals surface area contributed by atoms with Gasteiger partial charge < -0.3 is 10.0 Å². The number of aliphatic carboxylic acids is 1. The van der Waals surface area contributed by atoms with Gasteiger partial charge in [-0.2, -0.15) is 0 Å². The van der Waals surface area contributed by atoms with Crippen molar-refractivity contribution in [3.05, 3.63) is 22.4 Å². The SMILES string of the molecule is O=C(O)C1CCCCCN1C(=O)c1cc2sccc2s1. The van der Waals surface area contributed by atoms with Crippen LogP contribution in [0.15, 0.2) is 17.5 Å². The number of carboxylic acids is 1. The zero-order valence-electron chi connectivity index (χ0n) is 10.9. The molecule has 0 saturated carbocycles. The number of thiophene rings is 2. The molecule has 1 aliphatic heterocycles. The molecule has 0 aliphatic carbocycles. The fraction of sp³-hybridized carbons (Fsp3) is 0.429. The molecule has 1 N–H and O–H groups in total. The Morgan fingerprint density at radius 2 is 2.10 bits per heavy atom. The summed E-state index contributed by atoms with van der Waals surface area (Å²) in [5.41, 5.74) is 0. The molecule has 1 aliphatic rings. The Labute approximate surface area is 124 Å². The van der Waals surface area contributed by atoms with E-state index in [4.69, 9.17) is 0 Å². The minimum Gasteiger partial charge on any atom is -0.480 e. The molecule has 106 valence electrons. The van der Waals surface area contributed by atoms with E-state index in [1.807, 2.05) is 17.5 Å². The number of carbonyl (C=O) groups is 2. The van der Waals surface area contributed by atoms with Crippen molar-refractivity contribution in [1.29, 1.82) is 0 Å². The third-order valence-electron chi connectivity index (χ3n) is 3.65. The summed E-state index contributed by atoms with van der Waals surface area (Å²) in [6.07, 6.45) is 3.31. The molecule has 4 nitrogen and oxygen atoms in total. The van der Waals surface area contributed by atoms with Gasteiger partial charge in [0.2, 0.25) is 0 Å². The van der Waals surface area contributed by atoms with Crippen molar-refractivity contribution in [1.82, 2.24) is 4.90 Å². The van der Waals surface area contributed by atoms with E-state index in [1.165, 1.54) is 11.3 Å². The molecule has 0 bridgehead atoms. The van der Waals surface area contributed by atoms with E-state index < -0.39 is 12.0 Å². The van der Waals surface area contributed by atoms with Gasteiger partial charge in [-0.15, -0.1) is 22.7 Å². The van der Waals surface area contributed by atoms with Crippen LogP contribution >= 0.6 is 22.7 Å². The number of fused-ring (bicyclic) bond motifs is 1. The van der Waals surface area contributed by atoms with Crippen LogP contribution in [0.2, 0.25) is 0 Å². The summed E-state index contributed by atoms with van der Waals surface area (Å²) in [4.78, 5) is 26.2. The normalized spacial score (nSPS) is 20.0. The van der Waals surface area contributed by atoms with Crippen molar-refractivity contribution in [2.24, 2.45) is 0 Å². The van der Waals surface area contributed by atoms with Gasteiger partial charge in [-0.3, -0.25) is 4.79 Å². The first-order valence-corrected chi connectivity index (χ1v) is 8.37. The molecular weight excluding hydrogens is 294 g/mol. The highest BCUT2D eigenvalue weighted by Crippen LogP contribution is 2.31. The van der Waals surface area contributed by atoms with Gasteiger partial charge in [-0.1, -0.05) is 12.8 Å². The third kappa shape index (κ3) is 2.45. The van der Waals surface area contributed by atoms with Gasteiger partial charge in [0.25, 0.3) is 5.91 Å². The van der Waals surface area contributed by atoms with Crippen molar-refractivity contribution < 1.29 is 14.7 Å². The van der Waals surface area contributed by atoms with E-state index in [0.29, 0.717) is 17.8 Å². The maximum Gasteiger partial charge on any atom is 0.326 e. The predicted octanol–water partition coefficient (Wildman–Crippen LogP) is 3.43. The van der Waals surface area contributed by atoms with Crippen molar-refractivity contribution in [3.63, 3.8) is 0 Å². The maximum absolute atomic E-state index is 12.6. The Kier molecular flexibility index (Phi) is 3.76. The number of likely N-dealkylation sites (tertiary alicyclic amines) is 1. The summed E-state index contributed by atoms with van der Waals surface area (Å²) in [5, 5.41) is 11.3. The lowest BCUT2D eigenvalue weighted by Gasteiger charge is -2.26. The van der Waals surface area contributed by atoms with Crippen LogP contribution in [-0.2, 0) is 4.79 Å². The summed E-state index contributed by atoms with van der Waals surface area (Å²) in [5.74, 6) is -1.02. The van der Waals surface area contributed by atoms with Crippen molar-refractivity contribution in [2.45, 2.75) is 31.7 Å². The molecule has 2 aromatic heterocycles. The number of hydrogen-bond acceptors (Lipinski definition) is 4. The third-order valence-corrected chi connectivity index (χ3v) is 5.73. The topological polar surface area (TPSA) is 57.6 Å². The van der Waals surface area contributed by atoms with Crippen LogP contribution < -0.4 is 0 Å². The van der Waals surface area contributed by atoms with Crippen molar-refractivity contribution in [2.75, 3.05) is 6.54 Å². The quantitative estimate of drug-likeness (QED) is 0.924. The zero-order valence-corrected chi connectivity index (χ0v) is 12.5. The highest BCUT2D eigenvalue weighted by Gasteiger charge is 2.32. The van der Waals surface area contributed by atoms with Gasteiger partial charge in [0.1, 0.15) is 6.04 Å². The average Bonchev–Trinajstić information content (AvgIpc) is 2.90. The Bertz CT molecular complexity index is 617. The number of carboxylic acid groups (broad SMARTS) is 1. The van der Waals surface area contributed by atoms with E-state index in [1.54, 1.807) is 16.2 Å². The number of rotatable bonds is 2. The van der Waals surface area contributed by atoms with E-state index in [9.17, 15) is 14.7 Å². The molecule has 1 atom stereocenters. The molecule has 1 unspecified atom stereocenters. The first-order chi connectivity index (χ1) is 9.66. The molecule has 1 amide bonds.